The van der Waals surface area contributed by atoms with Crippen molar-refractivity contribution in [2.75, 3.05) is 69.5 Å². The molecule has 87 heavy (non-hydrogen) atoms. The molecule has 1 saturated heterocycles. The number of hydrogen-bond acceptors (Lipinski definition) is 13. The number of nitrogens with zero attached hydrogens (tertiary/aromatic N) is 8. The maximum absolute atomic E-state index is 15.2. The maximum atomic E-state index is 15.2. The average Bonchev–Trinajstić information content (AvgIpc) is 1.40. The van der Waals surface area contributed by atoms with Crippen LogP contribution in [0.5, 0.6) is 0 Å². The summed E-state index contributed by atoms with van der Waals surface area (Å²) in [6.45, 7) is 29.5. The molecule has 0 aromatic carbocycles. The summed E-state index contributed by atoms with van der Waals surface area (Å²) in [4.78, 5) is 171. The third-order valence-electron chi connectivity index (χ3n) is 16.7. The number of aliphatic hydroxyl groups excluding tert-OH is 1. The number of hydrogen-bond donors (Lipinski definition) is 4. The third-order valence-corrected chi connectivity index (χ3v) is 16.7. The zero-order valence-electron chi connectivity index (χ0n) is 57.7. The molecule has 12 unspecified atom stereocenters. The lowest BCUT2D eigenvalue weighted by Gasteiger charge is -2.42. The Hall–Kier alpha value is -5.97. The lowest BCUT2D eigenvalue weighted by atomic mass is 9.91. The molecule has 0 aliphatic carbocycles. The predicted molar refractivity (Wildman–Crippen MR) is 338 cm³/mol. The Morgan fingerprint density at radius 2 is 0.908 bits per heavy atom. The Labute approximate surface area is 521 Å². The van der Waals surface area contributed by atoms with Crippen molar-refractivity contribution >= 4 is 64.9 Å². The number of carbonyl (C=O) groups excluding carboxylic acids is 11. The van der Waals surface area contributed by atoms with Crippen LogP contribution in [0.25, 0.3) is 0 Å². The van der Waals surface area contributed by atoms with Crippen molar-refractivity contribution in [2.45, 2.75) is 223 Å². The van der Waals surface area contributed by atoms with E-state index in [4.69, 9.17) is 0 Å². The Bertz CT molecular complexity index is 2380. The number of Topliss-reactive ketones (excluding diaryl/α,β-unsaturated/α-hetero) is 1. The number of aliphatic hydroxyl groups is 1. The van der Waals surface area contributed by atoms with Crippen LogP contribution in [-0.2, 0) is 52.7 Å². The van der Waals surface area contributed by atoms with Crippen LogP contribution in [0.4, 0.5) is 0 Å². The third kappa shape index (κ3) is 22.2. The fraction of sp³-hybridized carbons (Fsp3) is 0.797. The molecule has 1 rings (SSSR count). The second kappa shape index (κ2) is 35.9. The van der Waals surface area contributed by atoms with E-state index in [9.17, 15) is 43.5 Å². The van der Waals surface area contributed by atoms with Gasteiger partial charge in [-0.3, -0.25) is 57.6 Å². The summed E-state index contributed by atoms with van der Waals surface area (Å²) in [5.41, 5.74) is 0. The first-order valence-electron chi connectivity index (χ1n) is 31.4. The molecule has 0 aromatic rings. The largest absolute Gasteiger partial charge is 0.390 e. The number of amides is 10. The fourth-order valence-corrected chi connectivity index (χ4v) is 11.2. The average molecular weight is 1230 g/mol. The van der Waals surface area contributed by atoms with Gasteiger partial charge in [0.15, 0.2) is 5.78 Å². The van der Waals surface area contributed by atoms with Gasteiger partial charge in [-0.2, -0.15) is 0 Å². The van der Waals surface area contributed by atoms with Crippen molar-refractivity contribution < 1.29 is 57.8 Å². The molecular weight excluding hydrogens is 1110 g/mol. The molecule has 0 bridgehead atoms. The van der Waals surface area contributed by atoms with Crippen LogP contribution in [0, 0.1) is 41.4 Å². The molecule has 0 radical (unpaired) electrons. The standard InChI is InChI=1S/C64H115N11O12/c1-26-28-29-42(15)54(77)53-57(80)66-46(27-2)60(83)69(19)35-45(76)34-68(18)47(30-36(3)4)55(78)67-51(40(11)12)63(86)71(21)48(31-37(5)6)56(79)65-43(16)58(81)70(20)44(17)59(82)72(22)49(32-38(7)8)61(84)73(23)50(33-39(9)10)62(85)74(24)52(41(13)14)64(87)75(53)25/h26,28,36-44,46-54,77H,27,29-35H2,1-25H3,(H,65,79)(H,66,80)(H,67,78)/b28-26+. The molecular formula is C64H115N11O12. The minimum absolute atomic E-state index is 0.0498. The van der Waals surface area contributed by atoms with Gasteiger partial charge in [-0.25, -0.2) is 0 Å². The molecule has 0 spiro atoms. The van der Waals surface area contributed by atoms with Gasteiger partial charge in [-0.05, 0) is 108 Å². The molecule has 1 aliphatic heterocycles. The van der Waals surface area contributed by atoms with E-state index in [2.05, 4.69) is 16.0 Å². The van der Waals surface area contributed by atoms with Gasteiger partial charge in [-0.15, -0.1) is 0 Å². The van der Waals surface area contributed by atoms with Gasteiger partial charge in [0.25, 0.3) is 0 Å². The Morgan fingerprint density at radius 3 is 1.37 bits per heavy atom. The van der Waals surface area contributed by atoms with E-state index in [0.29, 0.717) is 6.42 Å². The summed E-state index contributed by atoms with van der Waals surface area (Å²) >= 11 is 0. The van der Waals surface area contributed by atoms with Crippen LogP contribution in [0.15, 0.2) is 12.2 Å². The first-order chi connectivity index (χ1) is 40.1. The number of nitrogens with one attached hydrogen (secondary N) is 3. The predicted octanol–water partition coefficient (Wildman–Crippen LogP) is 3.65. The fourth-order valence-electron chi connectivity index (χ4n) is 11.2. The van der Waals surface area contributed by atoms with Crippen molar-refractivity contribution in [2.24, 2.45) is 41.4 Å². The van der Waals surface area contributed by atoms with E-state index < -0.39 is 156 Å². The molecule has 1 heterocycles. The Kier molecular flexibility index (Phi) is 32.6. The first kappa shape index (κ1) is 79.0. The highest BCUT2D eigenvalue weighted by atomic mass is 16.3. The zero-order valence-corrected chi connectivity index (χ0v) is 57.7. The summed E-state index contributed by atoms with van der Waals surface area (Å²) in [6, 6.07) is -11.9. The van der Waals surface area contributed by atoms with E-state index >= 15 is 14.4 Å². The van der Waals surface area contributed by atoms with Crippen LogP contribution in [0.2, 0.25) is 0 Å². The molecule has 498 valence electrons. The normalized spacial score (nSPS) is 27.0. The van der Waals surface area contributed by atoms with Crippen LogP contribution in [0.3, 0.4) is 0 Å². The summed E-state index contributed by atoms with van der Waals surface area (Å²) in [5, 5.41) is 20.5. The van der Waals surface area contributed by atoms with Gasteiger partial charge in [0.2, 0.25) is 59.1 Å². The highest BCUT2D eigenvalue weighted by molar-refractivity contribution is 5.99. The second-order valence-corrected chi connectivity index (χ2v) is 26.9. The highest BCUT2D eigenvalue weighted by Crippen LogP contribution is 2.26. The van der Waals surface area contributed by atoms with Gasteiger partial charge < -0.3 is 55.4 Å². The Morgan fingerprint density at radius 1 is 0.471 bits per heavy atom. The summed E-state index contributed by atoms with van der Waals surface area (Å²) in [6.07, 6.45) is 3.25. The van der Waals surface area contributed by atoms with Crippen LogP contribution in [0.1, 0.15) is 156 Å². The SMILES string of the molecule is C/C=C/CC(C)C(O)C1C(=O)NC(CC)C(=O)N(C)CC(=O)CN(C)C(CC(C)C)C(=O)NC(C(C)C)C(=O)N(C)C(CC(C)C)C(=O)NC(C)C(=O)N(C)C(C)C(=O)N(C)C(CC(C)C)C(=O)N(C)C(CC(C)C)C(=O)N(C)C(C(C)C)C(=O)N1C. The minimum Gasteiger partial charge on any atom is -0.390 e. The topological polar surface area (TPSA) is 270 Å². The molecule has 12 atom stereocenters. The molecule has 23 nitrogen and oxygen atoms in total. The monoisotopic (exact) mass is 1230 g/mol. The van der Waals surface area contributed by atoms with Gasteiger partial charge in [0.05, 0.1) is 25.2 Å². The lowest BCUT2D eigenvalue weighted by Crippen LogP contribution is -2.63. The van der Waals surface area contributed by atoms with Crippen LogP contribution >= 0.6 is 0 Å². The van der Waals surface area contributed by atoms with Crippen molar-refractivity contribution in [3.05, 3.63) is 12.2 Å². The number of ketones is 1. The maximum Gasteiger partial charge on any atom is 0.246 e. The summed E-state index contributed by atoms with van der Waals surface area (Å²) in [5.74, 6) is -8.96. The highest BCUT2D eigenvalue weighted by Gasteiger charge is 2.46. The van der Waals surface area contributed by atoms with E-state index in [1.165, 1.54) is 87.7 Å². The van der Waals surface area contributed by atoms with Gasteiger partial charge in [0.1, 0.15) is 54.4 Å². The first-order valence-corrected chi connectivity index (χ1v) is 31.4. The van der Waals surface area contributed by atoms with Crippen molar-refractivity contribution in [3.8, 4) is 0 Å². The van der Waals surface area contributed by atoms with Crippen molar-refractivity contribution in [1.29, 1.82) is 0 Å². The van der Waals surface area contributed by atoms with Crippen molar-refractivity contribution in [1.82, 2.24) is 55.1 Å². The number of rotatable bonds is 15. The van der Waals surface area contributed by atoms with Gasteiger partial charge in [-0.1, -0.05) is 109 Å². The molecule has 0 saturated carbocycles. The second-order valence-electron chi connectivity index (χ2n) is 26.9. The molecule has 23 heteroatoms. The zero-order chi connectivity index (χ0) is 67.6. The summed E-state index contributed by atoms with van der Waals surface area (Å²) in [7, 11) is 11.6. The molecule has 4 N–H and O–H groups in total. The lowest BCUT2D eigenvalue weighted by molar-refractivity contribution is -0.158. The minimum atomic E-state index is -1.59. The number of allylic oxidation sites excluding steroid dienone is 2. The van der Waals surface area contributed by atoms with Gasteiger partial charge in [0, 0.05) is 49.3 Å². The van der Waals surface area contributed by atoms with Crippen LogP contribution in [-0.4, -0.2) is 245 Å². The summed E-state index contributed by atoms with van der Waals surface area (Å²) < 4.78 is 0. The molecule has 1 fully saturated rings. The smallest absolute Gasteiger partial charge is 0.246 e. The van der Waals surface area contributed by atoms with E-state index in [0.717, 1.165) is 9.80 Å². The Balaban J connectivity index is 4.32. The van der Waals surface area contributed by atoms with Crippen LogP contribution < -0.4 is 16.0 Å². The molecule has 0 aromatic heterocycles. The number of carbonyl (C=O) groups is 11. The van der Waals surface area contributed by atoms with E-state index in [1.807, 2.05) is 61.5 Å². The molecule has 10 amide bonds. The van der Waals surface area contributed by atoms with E-state index in [-0.39, 0.29) is 62.3 Å². The van der Waals surface area contributed by atoms with Gasteiger partial charge >= 0.3 is 0 Å². The molecule has 1 aliphatic rings. The van der Waals surface area contributed by atoms with E-state index in [1.54, 1.807) is 66.5 Å². The number of likely N-dealkylation sites (N-methyl/N-ethyl adjacent to an activating group) is 8. The van der Waals surface area contributed by atoms with Crippen molar-refractivity contribution in [3.63, 3.8) is 0 Å². The quantitative estimate of drug-likeness (QED) is 0.171.